The van der Waals surface area contributed by atoms with E-state index in [1.807, 2.05) is 24.0 Å². The van der Waals surface area contributed by atoms with E-state index >= 15 is 0 Å². The fourth-order valence-electron chi connectivity index (χ4n) is 2.51. The number of rotatable bonds is 3. The number of nitrogens with zero attached hydrogens (tertiary/aromatic N) is 2. The van der Waals surface area contributed by atoms with Crippen molar-refractivity contribution in [2.24, 2.45) is 0 Å². The predicted molar refractivity (Wildman–Crippen MR) is 86.9 cm³/mol. The van der Waals surface area contributed by atoms with Crippen LogP contribution in [0.5, 0.6) is 0 Å². The Labute approximate surface area is 134 Å². The van der Waals surface area contributed by atoms with Crippen molar-refractivity contribution >= 4 is 33.4 Å². The second-order valence-corrected chi connectivity index (χ2v) is 6.37. The molecule has 20 heavy (non-hydrogen) atoms. The van der Waals surface area contributed by atoms with E-state index in [0.29, 0.717) is 5.02 Å². The number of hydrogen-bond acceptors (Lipinski definition) is 2. The molecule has 1 fully saturated rings. The van der Waals surface area contributed by atoms with Crippen molar-refractivity contribution in [3.8, 4) is 0 Å². The van der Waals surface area contributed by atoms with Gasteiger partial charge in [0.1, 0.15) is 0 Å². The van der Waals surface area contributed by atoms with Crippen molar-refractivity contribution in [3.63, 3.8) is 0 Å². The van der Waals surface area contributed by atoms with Crippen LogP contribution in [0.25, 0.3) is 0 Å². The van der Waals surface area contributed by atoms with Crippen molar-refractivity contribution < 1.29 is 4.79 Å². The van der Waals surface area contributed by atoms with Crippen molar-refractivity contribution in [1.82, 2.24) is 9.80 Å². The first kappa shape index (κ1) is 15.8. The number of alkyl halides is 1. The third kappa shape index (κ3) is 3.96. The third-order valence-electron chi connectivity index (χ3n) is 3.71. The predicted octanol–water partition coefficient (Wildman–Crippen LogP) is 3.19. The Balaban J connectivity index is 2.07. The number of carbonyl (C=O) groups excluding carboxylic acids is 1. The van der Waals surface area contributed by atoms with E-state index in [9.17, 15) is 4.79 Å². The summed E-state index contributed by atoms with van der Waals surface area (Å²) in [4.78, 5) is 17.0. The molecule has 0 saturated carbocycles. The zero-order valence-electron chi connectivity index (χ0n) is 11.7. The summed E-state index contributed by atoms with van der Waals surface area (Å²) in [5.74, 6) is 0.102. The number of benzene rings is 1. The molecule has 0 bridgehead atoms. The highest BCUT2D eigenvalue weighted by atomic mass is 79.9. The van der Waals surface area contributed by atoms with Gasteiger partial charge in [0.25, 0.3) is 5.91 Å². The van der Waals surface area contributed by atoms with Gasteiger partial charge in [-0.2, -0.15) is 0 Å². The summed E-state index contributed by atoms with van der Waals surface area (Å²) in [6, 6.07) is 5.51. The highest BCUT2D eigenvalue weighted by Gasteiger charge is 2.21. The summed E-state index contributed by atoms with van der Waals surface area (Å²) in [5, 5.41) is 1.60. The van der Waals surface area contributed by atoms with Gasteiger partial charge in [-0.15, -0.1) is 0 Å². The molecule has 1 aromatic rings. The van der Waals surface area contributed by atoms with Gasteiger partial charge in [0.15, 0.2) is 0 Å². The first-order chi connectivity index (χ1) is 9.61. The van der Waals surface area contributed by atoms with Crippen LogP contribution in [-0.4, -0.2) is 53.8 Å². The van der Waals surface area contributed by atoms with Crippen LogP contribution in [-0.2, 0) is 0 Å². The molecule has 0 aromatic heterocycles. The number of halogens is 2. The van der Waals surface area contributed by atoms with Gasteiger partial charge in [0, 0.05) is 42.1 Å². The summed E-state index contributed by atoms with van der Waals surface area (Å²) >= 11 is 9.48. The van der Waals surface area contributed by atoms with E-state index in [4.69, 9.17) is 11.6 Å². The van der Waals surface area contributed by atoms with Gasteiger partial charge in [0.2, 0.25) is 0 Å². The Bertz CT molecular complexity index is 481. The number of carbonyl (C=O) groups is 1. The van der Waals surface area contributed by atoms with Crippen molar-refractivity contribution in [3.05, 3.63) is 34.3 Å². The quantitative estimate of drug-likeness (QED) is 0.774. The first-order valence-corrected chi connectivity index (χ1v) is 8.45. The highest BCUT2D eigenvalue weighted by molar-refractivity contribution is 9.09. The van der Waals surface area contributed by atoms with Gasteiger partial charge in [0.05, 0.1) is 0 Å². The minimum Gasteiger partial charge on any atom is -0.337 e. The molecule has 0 atom stereocenters. The van der Waals surface area contributed by atoms with Gasteiger partial charge in [-0.3, -0.25) is 4.79 Å². The monoisotopic (exact) mass is 358 g/mol. The van der Waals surface area contributed by atoms with Crippen LogP contribution in [0.3, 0.4) is 0 Å². The average molecular weight is 360 g/mol. The molecule has 0 aliphatic carbocycles. The van der Waals surface area contributed by atoms with Crippen molar-refractivity contribution in [1.29, 1.82) is 0 Å². The van der Waals surface area contributed by atoms with Gasteiger partial charge in [-0.25, -0.2) is 0 Å². The minimum absolute atomic E-state index is 0.102. The van der Waals surface area contributed by atoms with Crippen LogP contribution >= 0.6 is 27.5 Å². The molecule has 1 aliphatic heterocycles. The van der Waals surface area contributed by atoms with E-state index in [0.717, 1.165) is 55.6 Å². The van der Waals surface area contributed by atoms with Crippen molar-refractivity contribution in [2.75, 3.05) is 38.1 Å². The maximum absolute atomic E-state index is 12.6. The second-order valence-electron chi connectivity index (χ2n) is 5.14. The van der Waals surface area contributed by atoms with Gasteiger partial charge < -0.3 is 9.80 Å². The molecule has 0 unspecified atom stereocenters. The molecule has 2 rings (SSSR count). The zero-order chi connectivity index (χ0) is 14.5. The van der Waals surface area contributed by atoms with Gasteiger partial charge in [-0.1, -0.05) is 33.6 Å². The Kier molecular flexibility index (Phi) is 5.87. The Hall–Kier alpha value is -0.580. The lowest BCUT2D eigenvalue weighted by Crippen LogP contribution is -2.36. The average Bonchev–Trinajstić information content (AvgIpc) is 2.67. The van der Waals surface area contributed by atoms with E-state index in [-0.39, 0.29) is 5.91 Å². The standard InChI is InChI=1S/C15H20BrClN2O/c1-12-3-4-13(17)11-14(12)15(20)19-7-2-6-18(8-5-16)9-10-19/h3-4,11H,2,5-10H2,1H3. The van der Waals surface area contributed by atoms with Crippen LogP contribution in [0.2, 0.25) is 5.02 Å². The summed E-state index contributed by atoms with van der Waals surface area (Å²) in [6.45, 7) is 6.61. The molecule has 3 nitrogen and oxygen atoms in total. The molecule has 1 amide bonds. The van der Waals surface area contributed by atoms with E-state index in [1.54, 1.807) is 6.07 Å². The molecule has 1 saturated heterocycles. The second kappa shape index (κ2) is 7.43. The fourth-order valence-corrected chi connectivity index (χ4v) is 3.19. The van der Waals surface area contributed by atoms with Gasteiger partial charge >= 0.3 is 0 Å². The Morgan fingerprint density at radius 3 is 2.85 bits per heavy atom. The summed E-state index contributed by atoms with van der Waals surface area (Å²) in [5.41, 5.74) is 1.72. The third-order valence-corrected chi connectivity index (χ3v) is 4.30. The largest absolute Gasteiger partial charge is 0.337 e. The lowest BCUT2D eigenvalue weighted by Gasteiger charge is -2.22. The molecular formula is C15H20BrClN2O. The first-order valence-electron chi connectivity index (χ1n) is 6.95. The number of amides is 1. The molecule has 1 aliphatic rings. The van der Waals surface area contributed by atoms with Crippen LogP contribution in [0, 0.1) is 6.92 Å². The highest BCUT2D eigenvalue weighted by Crippen LogP contribution is 2.18. The molecular weight excluding hydrogens is 340 g/mol. The molecule has 0 spiro atoms. The van der Waals surface area contributed by atoms with Crippen LogP contribution in [0.15, 0.2) is 18.2 Å². The molecule has 110 valence electrons. The SMILES string of the molecule is Cc1ccc(Cl)cc1C(=O)N1CCCN(CCBr)CC1. The Morgan fingerprint density at radius 2 is 2.10 bits per heavy atom. The lowest BCUT2D eigenvalue weighted by atomic mass is 10.1. The van der Waals surface area contributed by atoms with Crippen LogP contribution in [0.4, 0.5) is 0 Å². The molecule has 0 radical (unpaired) electrons. The maximum atomic E-state index is 12.6. The smallest absolute Gasteiger partial charge is 0.254 e. The molecule has 5 heteroatoms. The van der Waals surface area contributed by atoms with Gasteiger partial charge in [-0.05, 0) is 37.6 Å². The summed E-state index contributed by atoms with van der Waals surface area (Å²) in [6.07, 6.45) is 1.03. The molecule has 1 heterocycles. The topological polar surface area (TPSA) is 23.6 Å². The molecule has 1 aromatic carbocycles. The fraction of sp³-hybridized carbons (Fsp3) is 0.533. The van der Waals surface area contributed by atoms with Crippen LogP contribution in [0.1, 0.15) is 22.3 Å². The van der Waals surface area contributed by atoms with E-state index in [2.05, 4.69) is 20.8 Å². The Morgan fingerprint density at radius 1 is 1.30 bits per heavy atom. The normalized spacial score (nSPS) is 17.1. The lowest BCUT2D eigenvalue weighted by molar-refractivity contribution is 0.0761. The number of aryl methyl sites for hydroxylation is 1. The summed E-state index contributed by atoms with van der Waals surface area (Å²) < 4.78 is 0. The summed E-state index contributed by atoms with van der Waals surface area (Å²) in [7, 11) is 0. The number of hydrogen-bond donors (Lipinski definition) is 0. The van der Waals surface area contributed by atoms with Crippen LogP contribution < -0.4 is 0 Å². The van der Waals surface area contributed by atoms with E-state index in [1.165, 1.54) is 0 Å². The zero-order valence-corrected chi connectivity index (χ0v) is 14.1. The maximum Gasteiger partial charge on any atom is 0.254 e. The molecule has 0 N–H and O–H groups in total. The minimum atomic E-state index is 0.102. The van der Waals surface area contributed by atoms with E-state index < -0.39 is 0 Å². The van der Waals surface area contributed by atoms with Crippen molar-refractivity contribution in [2.45, 2.75) is 13.3 Å².